The van der Waals surface area contributed by atoms with Crippen LogP contribution in [0.1, 0.15) is 23.6 Å². The molecule has 2 fully saturated rings. The molecule has 1 unspecified atom stereocenters. The maximum absolute atomic E-state index is 13.7. The van der Waals surface area contributed by atoms with Crippen LogP contribution in [0.25, 0.3) is 0 Å². The van der Waals surface area contributed by atoms with Crippen LogP contribution in [-0.4, -0.2) is 84.9 Å². The summed E-state index contributed by atoms with van der Waals surface area (Å²) in [5, 5.41) is 3.59. The van der Waals surface area contributed by atoms with E-state index in [9.17, 15) is 9.59 Å². The van der Waals surface area contributed by atoms with Crippen molar-refractivity contribution in [1.29, 1.82) is 0 Å². The zero-order valence-electron chi connectivity index (χ0n) is 23.5. The number of carbonyl (C=O) groups is 2. The van der Waals surface area contributed by atoms with E-state index in [4.69, 9.17) is 0 Å². The van der Waals surface area contributed by atoms with Crippen molar-refractivity contribution >= 4 is 17.5 Å². The number of benzene rings is 3. The van der Waals surface area contributed by atoms with Crippen LogP contribution in [0.2, 0.25) is 0 Å². The molecule has 2 amide bonds. The Morgan fingerprint density at radius 1 is 0.675 bits per heavy atom. The maximum atomic E-state index is 13.7. The summed E-state index contributed by atoms with van der Waals surface area (Å²) in [7, 11) is 0. The molecule has 2 heterocycles. The van der Waals surface area contributed by atoms with Gasteiger partial charge >= 0.3 is 0 Å². The van der Waals surface area contributed by atoms with Gasteiger partial charge in [-0.05, 0) is 35.2 Å². The Balaban J connectivity index is 1.17. The second-order valence-electron chi connectivity index (χ2n) is 10.9. The predicted octanol–water partition coefficient (Wildman–Crippen LogP) is 3.40. The molecule has 7 heteroatoms. The van der Waals surface area contributed by atoms with Crippen molar-refractivity contribution in [2.75, 3.05) is 57.3 Å². The average molecular weight is 540 g/mol. The van der Waals surface area contributed by atoms with Gasteiger partial charge in [0.25, 0.3) is 0 Å². The number of nitrogens with one attached hydrogen (secondary N) is 1. The highest BCUT2D eigenvalue weighted by molar-refractivity contribution is 5.82. The normalized spacial score (nSPS) is 17.1. The summed E-state index contributed by atoms with van der Waals surface area (Å²) in [5.41, 5.74) is 4.81. The molecule has 3 aromatic carbocycles. The number of anilines is 1. The Morgan fingerprint density at radius 2 is 1.25 bits per heavy atom. The topological polar surface area (TPSA) is 59.1 Å². The third-order valence-corrected chi connectivity index (χ3v) is 8.09. The van der Waals surface area contributed by atoms with Gasteiger partial charge < -0.3 is 20.0 Å². The molecule has 0 spiro atoms. The van der Waals surface area contributed by atoms with Crippen molar-refractivity contribution in [3.05, 3.63) is 102 Å². The summed E-state index contributed by atoms with van der Waals surface area (Å²) in [6, 6.07) is 29.1. The summed E-state index contributed by atoms with van der Waals surface area (Å²) in [4.78, 5) is 34.1. The SMILES string of the molecule is CC(=O)N1CCN(c2ccc(CNC(Cc3ccccc3)C(=O)N3CCN(Cc4ccccc4)CC3)cc2)CC1. The van der Waals surface area contributed by atoms with Crippen LogP contribution in [-0.2, 0) is 29.1 Å². The summed E-state index contributed by atoms with van der Waals surface area (Å²) >= 11 is 0. The van der Waals surface area contributed by atoms with Gasteiger partial charge in [-0.15, -0.1) is 0 Å². The molecule has 2 saturated heterocycles. The first-order valence-electron chi connectivity index (χ1n) is 14.5. The molecule has 210 valence electrons. The lowest BCUT2D eigenvalue weighted by atomic mass is 10.0. The standard InChI is InChI=1S/C33H41N5O2/c1-27(39)36-20-22-37(23-21-36)31-14-12-29(13-15-31)25-34-32(24-28-8-4-2-5-9-28)33(40)38-18-16-35(17-19-38)26-30-10-6-3-7-11-30/h2-15,32,34H,16-26H2,1H3. The highest BCUT2D eigenvalue weighted by Crippen LogP contribution is 2.18. The van der Waals surface area contributed by atoms with Crippen LogP contribution in [0, 0.1) is 0 Å². The van der Waals surface area contributed by atoms with Crippen molar-refractivity contribution in [2.45, 2.75) is 32.5 Å². The number of hydrogen-bond acceptors (Lipinski definition) is 5. The molecular weight excluding hydrogens is 498 g/mol. The first-order valence-corrected chi connectivity index (χ1v) is 14.5. The van der Waals surface area contributed by atoms with Gasteiger partial charge in [-0.25, -0.2) is 0 Å². The number of rotatable bonds is 9. The molecule has 40 heavy (non-hydrogen) atoms. The van der Waals surface area contributed by atoms with Crippen LogP contribution in [0.3, 0.4) is 0 Å². The summed E-state index contributed by atoms with van der Waals surface area (Å²) in [6.07, 6.45) is 0.669. The number of hydrogen-bond donors (Lipinski definition) is 1. The second-order valence-corrected chi connectivity index (χ2v) is 10.9. The largest absolute Gasteiger partial charge is 0.368 e. The Hall–Kier alpha value is -3.68. The molecular formula is C33H41N5O2. The van der Waals surface area contributed by atoms with E-state index < -0.39 is 0 Å². The molecule has 1 N–H and O–H groups in total. The van der Waals surface area contributed by atoms with Gasteiger partial charge in [-0.1, -0.05) is 72.8 Å². The molecule has 3 aromatic rings. The molecule has 0 aromatic heterocycles. The minimum Gasteiger partial charge on any atom is -0.368 e. The number of nitrogens with zero attached hydrogens (tertiary/aromatic N) is 4. The summed E-state index contributed by atoms with van der Waals surface area (Å²) < 4.78 is 0. The highest BCUT2D eigenvalue weighted by atomic mass is 16.2. The quantitative estimate of drug-likeness (QED) is 0.452. The first-order chi connectivity index (χ1) is 19.5. The Kier molecular flexibility index (Phi) is 9.47. The number of piperazine rings is 2. The lowest BCUT2D eigenvalue weighted by Crippen LogP contribution is -2.54. The Bertz CT molecular complexity index is 1220. The molecule has 1 atom stereocenters. The van der Waals surface area contributed by atoms with Crippen molar-refractivity contribution in [3.8, 4) is 0 Å². The molecule has 2 aliphatic rings. The first kappa shape index (κ1) is 27.9. The van der Waals surface area contributed by atoms with Gasteiger partial charge in [-0.3, -0.25) is 14.5 Å². The molecule has 0 radical (unpaired) electrons. The zero-order valence-corrected chi connectivity index (χ0v) is 23.5. The molecule has 5 rings (SSSR count). The van der Waals surface area contributed by atoms with E-state index >= 15 is 0 Å². The third-order valence-electron chi connectivity index (χ3n) is 8.09. The van der Waals surface area contributed by atoms with Crippen molar-refractivity contribution in [1.82, 2.24) is 20.0 Å². The summed E-state index contributed by atoms with van der Waals surface area (Å²) in [5.74, 6) is 0.331. The van der Waals surface area contributed by atoms with Crippen LogP contribution in [0.5, 0.6) is 0 Å². The lowest BCUT2D eigenvalue weighted by Gasteiger charge is -2.36. The van der Waals surface area contributed by atoms with Crippen molar-refractivity contribution in [3.63, 3.8) is 0 Å². The van der Waals surface area contributed by atoms with Gasteiger partial charge in [0.2, 0.25) is 11.8 Å². The van der Waals surface area contributed by atoms with Gasteiger partial charge in [0, 0.05) is 78.1 Å². The highest BCUT2D eigenvalue weighted by Gasteiger charge is 2.27. The average Bonchev–Trinajstić information content (AvgIpc) is 3.00. The Morgan fingerprint density at radius 3 is 1.85 bits per heavy atom. The van der Waals surface area contributed by atoms with Crippen LogP contribution in [0.15, 0.2) is 84.9 Å². The monoisotopic (exact) mass is 539 g/mol. The molecule has 2 aliphatic heterocycles. The minimum atomic E-state index is -0.276. The lowest BCUT2D eigenvalue weighted by molar-refractivity contribution is -0.135. The smallest absolute Gasteiger partial charge is 0.240 e. The van der Waals surface area contributed by atoms with Gasteiger partial charge in [0.15, 0.2) is 0 Å². The van der Waals surface area contributed by atoms with Crippen LogP contribution >= 0.6 is 0 Å². The maximum Gasteiger partial charge on any atom is 0.240 e. The van der Waals surface area contributed by atoms with E-state index in [0.29, 0.717) is 13.0 Å². The molecule has 0 saturated carbocycles. The van der Waals surface area contributed by atoms with Crippen molar-refractivity contribution in [2.24, 2.45) is 0 Å². The number of amides is 2. The van der Waals surface area contributed by atoms with Gasteiger partial charge in [0.1, 0.15) is 0 Å². The van der Waals surface area contributed by atoms with Crippen LogP contribution < -0.4 is 10.2 Å². The van der Waals surface area contributed by atoms with Gasteiger partial charge in [0.05, 0.1) is 6.04 Å². The molecule has 0 bridgehead atoms. The third kappa shape index (κ3) is 7.49. The van der Waals surface area contributed by atoms with E-state index in [1.807, 2.05) is 34.1 Å². The summed E-state index contributed by atoms with van der Waals surface area (Å²) in [6.45, 7) is 9.72. The Labute approximate surface area is 238 Å². The minimum absolute atomic E-state index is 0.148. The second kappa shape index (κ2) is 13.6. The number of carbonyl (C=O) groups excluding carboxylic acids is 2. The van der Waals surface area contributed by atoms with E-state index in [0.717, 1.165) is 70.0 Å². The van der Waals surface area contributed by atoms with E-state index in [2.05, 4.69) is 75.8 Å². The fourth-order valence-corrected chi connectivity index (χ4v) is 5.63. The fourth-order valence-electron chi connectivity index (χ4n) is 5.63. The molecule has 0 aliphatic carbocycles. The van der Waals surface area contributed by atoms with Crippen LogP contribution in [0.4, 0.5) is 5.69 Å². The van der Waals surface area contributed by atoms with E-state index in [1.165, 1.54) is 11.3 Å². The predicted molar refractivity (Wildman–Crippen MR) is 160 cm³/mol. The molecule has 7 nitrogen and oxygen atoms in total. The van der Waals surface area contributed by atoms with Crippen molar-refractivity contribution < 1.29 is 9.59 Å². The fraction of sp³-hybridized carbons (Fsp3) is 0.394. The van der Waals surface area contributed by atoms with E-state index in [-0.39, 0.29) is 17.9 Å². The van der Waals surface area contributed by atoms with Gasteiger partial charge in [-0.2, -0.15) is 0 Å². The van der Waals surface area contributed by atoms with E-state index in [1.54, 1.807) is 6.92 Å². The zero-order chi connectivity index (χ0) is 27.7.